The van der Waals surface area contributed by atoms with Crippen LogP contribution in [0.1, 0.15) is 13.3 Å². The Hall–Kier alpha value is -0.650. The summed E-state index contributed by atoms with van der Waals surface area (Å²) in [4.78, 5) is 13.6. The van der Waals surface area contributed by atoms with Crippen LogP contribution in [-0.4, -0.2) is 61.4 Å². The van der Waals surface area contributed by atoms with Crippen molar-refractivity contribution in [3.63, 3.8) is 0 Å². The van der Waals surface area contributed by atoms with E-state index in [2.05, 4.69) is 5.32 Å². The molecule has 15 heavy (non-hydrogen) atoms. The van der Waals surface area contributed by atoms with E-state index >= 15 is 0 Å². The molecule has 0 spiro atoms. The van der Waals surface area contributed by atoms with Crippen LogP contribution in [0.25, 0.3) is 0 Å². The van der Waals surface area contributed by atoms with E-state index in [-0.39, 0.29) is 18.6 Å². The molecule has 0 bridgehead atoms. The Morgan fingerprint density at radius 3 is 3.13 bits per heavy atom. The summed E-state index contributed by atoms with van der Waals surface area (Å²) < 4.78 is 5.15. The average Bonchev–Trinajstić information content (AvgIpc) is 2.39. The quantitative estimate of drug-likeness (QED) is 0.591. The highest BCUT2D eigenvalue weighted by molar-refractivity contribution is 5.81. The normalized spacial score (nSPS) is 22.9. The summed E-state index contributed by atoms with van der Waals surface area (Å²) in [5, 5.41) is 11.7. The molecule has 0 aromatic rings. The van der Waals surface area contributed by atoms with Crippen LogP contribution in [0.4, 0.5) is 0 Å². The smallest absolute Gasteiger partial charge is 0.239 e. The second kappa shape index (κ2) is 6.76. The van der Waals surface area contributed by atoms with E-state index in [1.54, 1.807) is 0 Å². The van der Waals surface area contributed by atoms with Crippen LogP contribution < -0.4 is 5.32 Å². The number of rotatable bonds is 5. The largest absolute Gasteiger partial charge is 0.394 e. The van der Waals surface area contributed by atoms with Gasteiger partial charge in [0.1, 0.15) is 0 Å². The zero-order chi connectivity index (χ0) is 11.1. The molecular weight excluding hydrogens is 196 g/mol. The molecule has 1 amide bonds. The van der Waals surface area contributed by atoms with Gasteiger partial charge in [0.15, 0.2) is 0 Å². The molecule has 5 heteroatoms. The summed E-state index contributed by atoms with van der Waals surface area (Å²) in [6, 6.07) is -0.0923. The number of ether oxygens (including phenoxy) is 1. The van der Waals surface area contributed by atoms with Crippen LogP contribution in [0.2, 0.25) is 0 Å². The van der Waals surface area contributed by atoms with Gasteiger partial charge in [-0.1, -0.05) is 0 Å². The number of aliphatic hydroxyl groups is 1. The van der Waals surface area contributed by atoms with Gasteiger partial charge in [-0.2, -0.15) is 0 Å². The van der Waals surface area contributed by atoms with E-state index in [9.17, 15) is 4.79 Å². The molecule has 1 rings (SSSR count). The zero-order valence-corrected chi connectivity index (χ0v) is 9.24. The van der Waals surface area contributed by atoms with Crippen molar-refractivity contribution in [1.82, 2.24) is 10.2 Å². The first kappa shape index (κ1) is 12.4. The number of hydrogen-bond donors (Lipinski definition) is 2. The molecule has 1 aliphatic heterocycles. The molecule has 1 atom stereocenters. The van der Waals surface area contributed by atoms with Crippen LogP contribution in [0.5, 0.6) is 0 Å². The second-order valence-electron chi connectivity index (χ2n) is 3.69. The highest BCUT2D eigenvalue weighted by Gasteiger charge is 2.22. The molecular formula is C10H20N2O3. The minimum absolute atomic E-state index is 0.0336. The SMILES string of the molecule is CC1NCCCN(CCOCCO)C1=O. The predicted molar refractivity (Wildman–Crippen MR) is 56.6 cm³/mol. The van der Waals surface area contributed by atoms with Crippen LogP contribution in [-0.2, 0) is 9.53 Å². The summed E-state index contributed by atoms with van der Waals surface area (Å²) in [6.07, 6.45) is 0.982. The van der Waals surface area contributed by atoms with Crippen molar-refractivity contribution in [3.05, 3.63) is 0 Å². The third kappa shape index (κ3) is 4.15. The lowest BCUT2D eigenvalue weighted by Gasteiger charge is -2.22. The monoisotopic (exact) mass is 216 g/mol. The Labute approximate surface area is 90.4 Å². The summed E-state index contributed by atoms with van der Waals surface area (Å²) in [7, 11) is 0. The molecule has 88 valence electrons. The number of nitrogens with zero attached hydrogens (tertiary/aromatic N) is 1. The molecule has 1 saturated heterocycles. The van der Waals surface area contributed by atoms with Crippen molar-refractivity contribution in [3.8, 4) is 0 Å². The third-order valence-corrected chi connectivity index (χ3v) is 2.48. The summed E-state index contributed by atoms with van der Waals surface area (Å²) >= 11 is 0. The number of carbonyl (C=O) groups excluding carboxylic acids is 1. The Balaban J connectivity index is 2.28. The molecule has 0 saturated carbocycles. The lowest BCUT2D eigenvalue weighted by atomic mass is 10.3. The molecule has 1 unspecified atom stereocenters. The lowest BCUT2D eigenvalue weighted by Crippen LogP contribution is -2.43. The number of carbonyl (C=O) groups is 1. The standard InChI is InChI=1S/C10H20N2O3/c1-9-10(14)12(4-2-3-11-9)5-7-15-8-6-13/h9,11,13H,2-8H2,1H3. The van der Waals surface area contributed by atoms with Gasteiger partial charge < -0.3 is 20.1 Å². The molecule has 1 fully saturated rings. The van der Waals surface area contributed by atoms with Gasteiger partial charge in [-0.05, 0) is 19.9 Å². The van der Waals surface area contributed by atoms with E-state index in [1.165, 1.54) is 0 Å². The maximum absolute atomic E-state index is 11.8. The van der Waals surface area contributed by atoms with Gasteiger partial charge in [-0.25, -0.2) is 0 Å². The summed E-state index contributed by atoms with van der Waals surface area (Å²) in [5.74, 6) is 0.139. The number of nitrogens with one attached hydrogen (secondary N) is 1. The lowest BCUT2D eigenvalue weighted by molar-refractivity contribution is -0.133. The minimum Gasteiger partial charge on any atom is -0.394 e. The van der Waals surface area contributed by atoms with E-state index < -0.39 is 0 Å². The maximum Gasteiger partial charge on any atom is 0.239 e. The molecule has 1 aliphatic rings. The zero-order valence-electron chi connectivity index (χ0n) is 9.24. The van der Waals surface area contributed by atoms with Gasteiger partial charge in [0, 0.05) is 13.1 Å². The Kier molecular flexibility index (Phi) is 5.60. The summed E-state index contributed by atoms with van der Waals surface area (Å²) in [6.45, 7) is 5.06. The second-order valence-corrected chi connectivity index (χ2v) is 3.69. The van der Waals surface area contributed by atoms with Crippen molar-refractivity contribution >= 4 is 5.91 Å². The summed E-state index contributed by atoms with van der Waals surface area (Å²) in [5.41, 5.74) is 0. The number of hydrogen-bond acceptors (Lipinski definition) is 4. The molecule has 0 aromatic heterocycles. The van der Waals surface area contributed by atoms with E-state index in [1.807, 2.05) is 11.8 Å². The fourth-order valence-corrected chi connectivity index (χ4v) is 1.62. The van der Waals surface area contributed by atoms with Crippen molar-refractivity contribution in [2.75, 3.05) is 39.5 Å². The Morgan fingerprint density at radius 2 is 2.40 bits per heavy atom. The van der Waals surface area contributed by atoms with Crippen molar-refractivity contribution in [2.24, 2.45) is 0 Å². The number of amides is 1. The van der Waals surface area contributed by atoms with Crippen molar-refractivity contribution in [2.45, 2.75) is 19.4 Å². The topological polar surface area (TPSA) is 61.8 Å². The van der Waals surface area contributed by atoms with Gasteiger partial charge in [0.2, 0.25) is 5.91 Å². The first-order chi connectivity index (χ1) is 7.25. The Bertz CT molecular complexity index is 199. The highest BCUT2D eigenvalue weighted by Crippen LogP contribution is 2.01. The molecule has 0 aliphatic carbocycles. The highest BCUT2D eigenvalue weighted by atomic mass is 16.5. The van der Waals surface area contributed by atoms with Crippen molar-refractivity contribution < 1.29 is 14.6 Å². The average molecular weight is 216 g/mol. The molecule has 2 N–H and O–H groups in total. The van der Waals surface area contributed by atoms with Gasteiger partial charge in [-0.3, -0.25) is 4.79 Å². The third-order valence-electron chi connectivity index (χ3n) is 2.48. The van der Waals surface area contributed by atoms with Crippen LogP contribution in [0, 0.1) is 0 Å². The van der Waals surface area contributed by atoms with E-state index in [0.717, 1.165) is 19.5 Å². The van der Waals surface area contributed by atoms with Crippen molar-refractivity contribution in [1.29, 1.82) is 0 Å². The van der Waals surface area contributed by atoms with Crippen LogP contribution >= 0.6 is 0 Å². The molecule has 5 nitrogen and oxygen atoms in total. The molecule has 0 aromatic carbocycles. The van der Waals surface area contributed by atoms with Gasteiger partial charge in [0.25, 0.3) is 0 Å². The van der Waals surface area contributed by atoms with Crippen LogP contribution in [0.15, 0.2) is 0 Å². The van der Waals surface area contributed by atoms with E-state index in [4.69, 9.17) is 9.84 Å². The maximum atomic E-state index is 11.8. The minimum atomic E-state index is -0.0923. The van der Waals surface area contributed by atoms with Gasteiger partial charge in [-0.15, -0.1) is 0 Å². The van der Waals surface area contributed by atoms with Gasteiger partial charge >= 0.3 is 0 Å². The Morgan fingerprint density at radius 1 is 1.60 bits per heavy atom. The molecule has 1 heterocycles. The first-order valence-electron chi connectivity index (χ1n) is 5.46. The fourth-order valence-electron chi connectivity index (χ4n) is 1.62. The van der Waals surface area contributed by atoms with Gasteiger partial charge in [0.05, 0.1) is 25.9 Å². The van der Waals surface area contributed by atoms with E-state index in [0.29, 0.717) is 19.8 Å². The van der Waals surface area contributed by atoms with Crippen LogP contribution in [0.3, 0.4) is 0 Å². The predicted octanol–water partition coefficient (Wildman–Crippen LogP) is -0.794. The first-order valence-corrected chi connectivity index (χ1v) is 5.46. The molecule has 0 radical (unpaired) electrons. The fraction of sp³-hybridized carbons (Fsp3) is 0.900. The number of aliphatic hydroxyl groups excluding tert-OH is 1.